The first-order valence-electron chi connectivity index (χ1n) is 7.61. The van der Waals surface area contributed by atoms with Crippen LogP contribution in [0.25, 0.3) is 0 Å². The fourth-order valence-electron chi connectivity index (χ4n) is 3.00. The molecule has 0 aliphatic heterocycles. The van der Waals surface area contributed by atoms with Crippen molar-refractivity contribution in [3.8, 4) is 0 Å². The first-order chi connectivity index (χ1) is 10.0. The Labute approximate surface area is 126 Å². The molecule has 0 spiro atoms. The number of carbonyl (C=O) groups is 1. The number of hydrogen-bond donors (Lipinski definition) is 1. The summed E-state index contributed by atoms with van der Waals surface area (Å²) in [6.07, 6.45) is 2.44. The molecule has 3 unspecified atom stereocenters. The molecule has 1 N–H and O–H groups in total. The zero-order chi connectivity index (χ0) is 15.5. The molecule has 1 aromatic rings. The molecular weight excluding hydrogens is 266 g/mol. The third-order valence-corrected chi connectivity index (χ3v) is 4.76. The van der Waals surface area contributed by atoms with E-state index in [9.17, 15) is 4.79 Å². The minimum absolute atomic E-state index is 0.164. The highest BCUT2D eigenvalue weighted by Crippen LogP contribution is 2.47. The van der Waals surface area contributed by atoms with Crippen LogP contribution in [0.15, 0.2) is 24.3 Å². The Hall–Kier alpha value is -1.55. The highest BCUT2D eigenvalue weighted by molar-refractivity contribution is 5.89. The highest BCUT2D eigenvalue weighted by Gasteiger charge is 2.51. The van der Waals surface area contributed by atoms with Gasteiger partial charge in [-0.3, -0.25) is 0 Å². The van der Waals surface area contributed by atoms with Gasteiger partial charge < -0.3 is 14.8 Å². The van der Waals surface area contributed by atoms with E-state index in [0.717, 1.165) is 25.1 Å². The predicted molar refractivity (Wildman–Crippen MR) is 83.6 cm³/mol. The molecule has 1 saturated carbocycles. The molecule has 116 valence electrons. The maximum atomic E-state index is 11.4. The molecule has 0 radical (unpaired) electrons. The van der Waals surface area contributed by atoms with E-state index >= 15 is 0 Å². The van der Waals surface area contributed by atoms with Crippen molar-refractivity contribution >= 4 is 11.7 Å². The maximum absolute atomic E-state index is 11.4. The third kappa shape index (κ3) is 3.05. The van der Waals surface area contributed by atoms with Crippen molar-refractivity contribution in [1.82, 2.24) is 0 Å². The molecule has 1 aliphatic rings. The first-order valence-corrected chi connectivity index (χ1v) is 7.61. The molecule has 1 aromatic carbocycles. The number of benzene rings is 1. The van der Waals surface area contributed by atoms with Gasteiger partial charge in [-0.1, -0.05) is 13.8 Å². The van der Waals surface area contributed by atoms with E-state index in [1.165, 1.54) is 7.11 Å². The summed E-state index contributed by atoms with van der Waals surface area (Å²) in [5.41, 5.74) is 1.77. The Kier molecular flexibility index (Phi) is 4.88. The van der Waals surface area contributed by atoms with Crippen LogP contribution in [-0.4, -0.2) is 31.8 Å². The second kappa shape index (κ2) is 6.48. The summed E-state index contributed by atoms with van der Waals surface area (Å²) >= 11 is 0. The molecule has 4 nitrogen and oxygen atoms in total. The maximum Gasteiger partial charge on any atom is 0.337 e. The van der Waals surface area contributed by atoms with Gasteiger partial charge >= 0.3 is 5.97 Å². The van der Waals surface area contributed by atoms with Crippen LogP contribution >= 0.6 is 0 Å². The largest absolute Gasteiger partial charge is 0.465 e. The molecular formula is C17H25NO3. The standard InChI is InChI=1S/C17H25NO3/c1-5-17(3)14(11-15(17)21-6-2)18-13-9-7-12(8-10-13)16(19)20-4/h7-10,14-15,18H,5-6,11H2,1-4H3. The second-order valence-electron chi connectivity index (χ2n) is 5.80. The average molecular weight is 291 g/mol. The second-order valence-corrected chi connectivity index (χ2v) is 5.80. The molecule has 0 aromatic heterocycles. The summed E-state index contributed by atoms with van der Waals surface area (Å²) in [6.45, 7) is 7.29. The van der Waals surface area contributed by atoms with Crippen LogP contribution in [0.3, 0.4) is 0 Å². The Bertz CT molecular complexity index is 485. The highest BCUT2D eigenvalue weighted by atomic mass is 16.5. The average Bonchev–Trinajstić information content (AvgIpc) is 2.52. The van der Waals surface area contributed by atoms with E-state index in [4.69, 9.17) is 9.47 Å². The fourth-order valence-corrected chi connectivity index (χ4v) is 3.00. The van der Waals surface area contributed by atoms with Gasteiger partial charge in [0.05, 0.1) is 18.8 Å². The lowest BCUT2D eigenvalue weighted by molar-refractivity contribution is -0.109. The normalized spacial score (nSPS) is 27.8. The van der Waals surface area contributed by atoms with Crippen molar-refractivity contribution in [2.24, 2.45) is 5.41 Å². The Morgan fingerprint density at radius 2 is 2.00 bits per heavy atom. The van der Waals surface area contributed by atoms with Crippen LogP contribution in [0, 0.1) is 5.41 Å². The molecule has 3 atom stereocenters. The summed E-state index contributed by atoms with van der Waals surface area (Å²) in [5.74, 6) is -0.306. The molecule has 0 saturated heterocycles. The van der Waals surface area contributed by atoms with Gasteiger partial charge in [-0.15, -0.1) is 0 Å². The number of carbonyl (C=O) groups excluding carboxylic acids is 1. The lowest BCUT2D eigenvalue weighted by atomic mass is 9.61. The van der Waals surface area contributed by atoms with Crippen LogP contribution in [0.5, 0.6) is 0 Å². The van der Waals surface area contributed by atoms with Crippen molar-refractivity contribution < 1.29 is 14.3 Å². The number of rotatable bonds is 6. The van der Waals surface area contributed by atoms with E-state index in [-0.39, 0.29) is 11.4 Å². The van der Waals surface area contributed by atoms with E-state index < -0.39 is 0 Å². The summed E-state index contributed by atoms with van der Waals surface area (Å²) in [5, 5.41) is 3.56. The van der Waals surface area contributed by atoms with Crippen LogP contribution in [0.2, 0.25) is 0 Å². The molecule has 21 heavy (non-hydrogen) atoms. The third-order valence-electron chi connectivity index (χ3n) is 4.76. The van der Waals surface area contributed by atoms with E-state index in [0.29, 0.717) is 17.7 Å². The lowest BCUT2D eigenvalue weighted by Gasteiger charge is -2.54. The Morgan fingerprint density at radius 1 is 1.33 bits per heavy atom. The molecule has 2 rings (SSSR count). The first kappa shape index (κ1) is 15.8. The summed E-state index contributed by atoms with van der Waals surface area (Å²) in [4.78, 5) is 11.4. The van der Waals surface area contributed by atoms with Gasteiger partial charge in [-0.2, -0.15) is 0 Å². The van der Waals surface area contributed by atoms with Crippen molar-refractivity contribution in [3.05, 3.63) is 29.8 Å². The minimum atomic E-state index is -0.306. The van der Waals surface area contributed by atoms with E-state index in [2.05, 4.69) is 19.2 Å². The van der Waals surface area contributed by atoms with Crippen molar-refractivity contribution in [3.63, 3.8) is 0 Å². The number of ether oxygens (including phenoxy) is 2. The van der Waals surface area contributed by atoms with E-state index in [1.54, 1.807) is 12.1 Å². The number of methoxy groups -OCH3 is 1. The van der Waals surface area contributed by atoms with Gasteiger partial charge in [0.2, 0.25) is 0 Å². The number of nitrogens with one attached hydrogen (secondary N) is 1. The lowest BCUT2D eigenvalue weighted by Crippen LogP contribution is -2.59. The van der Waals surface area contributed by atoms with Crippen molar-refractivity contribution in [2.45, 2.75) is 45.8 Å². The monoisotopic (exact) mass is 291 g/mol. The quantitative estimate of drug-likeness (QED) is 0.815. The Morgan fingerprint density at radius 3 is 2.52 bits per heavy atom. The van der Waals surface area contributed by atoms with Gasteiger partial charge in [-0.25, -0.2) is 4.79 Å². The van der Waals surface area contributed by atoms with Crippen molar-refractivity contribution in [2.75, 3.05) is 19.0 Å². The van der Waals surface area contributed by atoms with Crippen LogP contribution in [0.1, 0.15) is 44.0 Å². The summed E-state index contributed by atoms with van der Waals surface area (Å²) < 4.78 is 10.5. The Balaban J connectivity index is 2.01. The zero-order valence-electron chi connectivity index (χ0n) is 13.3. The molecule has 1 aliphatic carbocycles. The topological polar surface area (TPSA) is 47.6 Å². The number of esters is 1. The number of anilines is 1. The SMILES string of the molecule is CCOC1CC(Nc2ccc(C(=O)OC)cc2)C1(C)CC. The van der Waals surface area contributed by atoms with Gasteiger partial charge in [-0.05, 0) is 44.0 Å². The van der Waals surface area contributed by atoms with Gasteiger partial charge in [0.1, 0.15) is 0 Å². The summed E-state index contributed by atoms with van der Waals surface area (Å²) in [7, 11) is 1.39. The smallest absolute Gasteiger partial charge is 0.337 e. The van der Waals surface area contributed by atoms with Crippen LogP contribution in [0.4, 0.5) is 5.69 Å². The van der Waals surface area contributed by atoms with Crippen LogP contribution < -0.4 is 5.32 Å². The molecule has 4 heteroatoms. The molecule has 1 fully saturated rings. The minimum Gasteiger partial charge on any atom is -0.465 e. The van der Waals surface area contributed by atoms with Crippen LogP contribution in [-0.2, 0) is 9.47 Å². The summed E-state index contributed by atoms with van der Waals surface area (Å²) in [6, 6.07) is 7.84. The van der Waals surface area contributed by atoms with E-state index in [1.807, 2.05) is 19.1 Å². The van der Waals surface area contributed by atoms with Crippen molar-refractivity contribution in [1.29, 1.82) is 0 Å². The fraction of sp³-hybridized carbons (Fsp3) is 0.588. The molecule has 0 bridgehead atoms. The van der Waals surface area contributed by atoms with Gasteiger partial charge in [0.25, 0.3) is 0 Å². The molecule has 0 amide bonds. The predicted octanol–water partition coefficient (Wildman–Crippen LogP) is 3.48. The van der Waals surface area contributed by atoms with Gasteiger partial charge in [0.15, 0.2) is 0 Å². The molecule has 0 heterocycles. The zero-order valence-corrected chi connectivity index (χ0v) is 13.3. The number of hydrogen-bond acceptors (Lipinski definition) is 4. The van der Waals surface area contributed by atoms with Gasteiger partial charge in [0, 0.05) is 23.8 Å².